The fourth-order valence-corrected chi connectivity index (χ4v) is 5.53. The van der Waals surface area contributed by atoms with Crippen LogP contribution < -0.4 is 16.0 Å². The zero-order chi connectivity index (χ0) is 21.1. The van der Waals surface area contributed by atoms with Gasteiger partial charge in [0, 0.05) is 51.7 Å². The van der Waals surface area contributed by atoms with Crippen LogP contribution in [0.2, 0.25) is 0 Å². The number of aliphatic hydroxyl groups is 1. The van der Waals surface area contributed by atoms with Gasteiger partial charge in [0.1, 0.15) is 0 Å². The second kappa shape index (κ2) is 9.26. The molecule has 9 nitrogen and oxygen atoms in total. The molecule has 164 valence electrons. The molecule has 1 saturated heterocycles. The summed E-state index contributed by atoms with van der Waals surface area (Å²) in [5, 5.41) is 13.3. The van der Waals surface area contributed by atoms with Gasteiger partial charge in [-0.1, -0.05) is 0 Å². The number of nitrogens with one attached hydrogen (secondary N) is 1. The summed E-state index contributed by atoms with van der Waals surface area (Å²) in [6.07, 6.45) is 6.44. The Morgan fingerprint density at radius 1 is 1.13 bits per heavy atom. The normalized spacial score (nSPS) is 29.7. The Labute approximate surface area is 177 Å². The van der Waals surface area contributed by atoms with E-state index < -0.39 is 6.10 Å². The van der Waals surface area contributed by atoms with Gasteiger partial charge in [-0.15, -0.1) is 0 Å². The third-order valence-electron chi connectivity index (χ3n) is 7.00. The van der Waals surface area contributed by atoms with E-state index in [0.29, 0.717) is 19.5 Å². The summed E-state index contributed by atoms with van der Waals surface area (Å²) in [5.41, 5.74) is 5.56. The maximum Gasteiger partial charge on any atom is 0.225 e. The van der Waals surface area contributed by atoms with Gasteiger partial charge in [-0.3, -0.25) is 14.5 Å². The van der Waals surface area contributed by atoms with Crippen molar-refractivity contribution in [2.24, 2.45) is 29.4 Å². The molecule has 0 aromatic carbocycles. The number of amides is 2. The number of hydrogen-bond donors (Lipinski definition) is 3. The summed E-state index contributed by atoms with van der Waals surface area (Å²) < 4.78 is 0. The minimum atomic E-state index is -0.503. The molecule has 0 radical (unpaired) electrons. The van der Waals surface area contributed by atoms with Crippen LogP contribution in [0.3, 0.4) is 0 Å². The summed E-state index contributed by atoms with van der Waals surface area (Å²) in [6.45, 7) is 4.33. The number of rotatable bonds is 8. The van der Waals surface area contributed by atoms with Gasteiger partial charge in [-0.05, 0) is 43.6 Å². The van der Waals surface area contributed by atoms with Gasteiger partial charge in [-0.2, -0.15) is 0 Å². The number of β-amino-alcohol motifs (C(OH)–C–C–N with tert-alkyl or cyclic N) is 1. The Kier molecular flexibility index (Phi) is 6.48. The predicted octanol–water partition coefficient (Wildman–Crippen LogP) is -0.387. The third-order valence-corrected chi connectivity index (χ3v) is 7.00. The lowest BCUT2D eigenvalue weighted by molar-refractivity contribution is -0.135. The van der Waals surface area contributed by atoms with Crippen LogP contribution in [-0.2, 0) is 9.59 Å². The molecule has 0 spiro atoms. The molecule has 2 heterocycles. The van der Waals surface area contributed by atoms with Crippen molar-refractivity contribution in [2.75, 3.05) is 44.2 Å². The quantitative estimate of drug-likeness (QED) is 0.527. The molecule has 9 heteroatoms. The lowest BCUT2D eigenvalue weighted by Crippen LogP contribution is -2.49. The molecular weight excluding hydrogens is 384 g/mol. The van der Waals surface area contributed by atoms with Crippen molar-refractivity contribution < 1.29 is 14.7 Å². The molecule has 1 aromatic rings. The highest BCUT2D eigenvalue weighted by molar-refractivity contribution is 5.88. The van der Waals surface area contributed by atoms with E-state index >= 15 is 0 Å². The fourth-order valence-electron chi connectivity index (χ4n) is 5.53. The van der Waals surface area contributed by atoms with E-state index in [1.807, 2.05) is 0 Å². The van der Waals surface area contributed by atoms with Gasteiger partial charge in [0.2, 0.25) is 17.8 Å². The van der Waals surface area contributed by atoms with Gasteiger partial charge >= 0.3 is 0 Å². The lowest BCUT2D eigenvalue weighted by atomic mass is 9.78. The van der Waals surface area contributed by atoms with E-state index in [1.165, 1.54) is 0 Å². The molecule has 4 N–H and O–H groups in total. The molecule has 1 aromatic heterocycles. The predicted molar refractivity (Wildman–Crippen MR) is 111 cm³/mol. The number of anilines is 1. The van der Waals surface area contributed by atoms with Crippen LogP contribution in [0.1, 0.15) is 25.7 Å². The topological polar surface area (TPSA) is 125 Å². The molecule has 1 aliphatic heterocycles. The number of primary amides is 1. The Morgan fingerprint density at radius 3 is 2.47 bits per heavy atom. The first-order chi connectivity index (χ1) is 14.5. The lowest BCUT2D eigenvalue weighted by Gasteiger charge is -2.35. The number of nitrogens with two attached hydrogens (primary N) is 1. The first-order valence-electron chi connectivity index (χ1n) is 11.0. The third kappa shape index (κ3) is 4.57. The Balaban J connectivity index is 1.16. The number of aliphatic hydroxyl groups excluding tert-OH is 1. The van der Waals surface area contributed by atoms with Crippen LogP contribution in [0.4, 0.5) is 5.95 Å². The average molecular weight is 417 g/mol. The molecule has 30 heavy (non-hydrogen) atoms. The largest absolute Gasteiger partial charge is 0.392 e. The Bertz CT molecular complexity index is 740. The van der Waals surface area contributed by atoms with E-state index in [1.54, 1.807) is 18.5 Å². The van der Waals surface area contributed by atoms with Crippen LogP contribution >= 0.6 is 0 Å². The molecule has 5 atom stereocenters. The van der Waals surface area contributed by atoms with Gasteiger partial charge in [0.05, 0.1) is 17.9 Å². The monoisotopic (exact) mass is 416 g/mol. The van der Waals surface area contributed by atoms with Crippen molar-refractivity contribution in [1.82, 2.24) is 20.2 Å². The molecule has 1 unspecified atom stereocenters. The number of piperazine rings is 1. The first kappa shape index (κ1) is 21.0. The summed E-state index contributed by atoms with van der Waals surface area (Å²) in [5.74, 6) is 0.272. The van der Waals surface area contributed by atoms with Crippen molar-refractivity contribution in [2.45, 2.75) is 31.8 Å². The van der Waals surface area contributed by atoms with Crippen LogP contribution in [0.5, 0.6) is 0 Å². The number of nitrogens with zero attached hydrogens (tertiary/aromatic N) is 4. The van der Waals surface area contributed by atoms with E-state index in [-0.39, 0.29) is 35.5 Å². The summed E-state index contributed by atoms with van der Waals surface area (Å²) in [7, 11) is 0. The highest BCUT2D eigenvalue weighted by Crippen LogP contribution is 2.52. The molecular formula is C21H32N6O3. The summed E-state index contributed by atoms with van der Waals surface area (Å²) in [4.78, 5) is 37.4. The number of aromatic nitrogens is 2. The standard InChI is InChI=1S/C21H32N6O3/c22-19(29)17-14-2-3-15(12-14)18(17)20(30)23-7-4-16(28)13-26-8-10-27(11-9-26)21-24-5-1-6-25-21/h1,5-6,14-18,28H,2-4,7-13H2,(H2,22,29)(H,23,30)/t14-,15+,16?,17+,18-/m1/s1. The van der Waals surface area contributed by atoms with Crippen molar-refractivity contribution >= 4 is 17.8 Å². The molecule has 2 amide bonds. The maximum atomic E-state index is 12.7. The van der Waals surface area contributed by atoms with Crippen molar-refractivity contribution in [1.29, 1.82) is 0 Å². The smallest absolute Gasteiger partial charge is 0.225 e. The van der Waals surface area contributed by atoms with Crippen molar-refractivity contribution in [3.8, 4) is 0 Å². The zero-order valence-electron chi connectivity index (χ0n) is 17.3. The van der Waals surface area contributed by atoms with Crippen molar-refractivity contribution in [3.63, 3.8) is 0 Å². The van der Waals surface area contributed by atoms with E-state index in [4.69, 9.17) is 5.73 Å². The highest BCUT2D eigenvalue weighted by atomic mass is 16.3. The van der Waals surface area contributed by atoms with Crippen LogP contribution in [0, 0.1) is 23.7 Å². The molecule has 3 aliphatic rings. The summed E-state index contributed by atoms with van der Waals surface area (Å²) >= 11 is 0. The fraction of sp³-hybridized carbons (Fsp3) is 0.714. The van der Waals surface area contributed by atoms with E-state index in [9.17, 15) is 14.7 Å². The Morgan fingerprint density at radius 2 is 1.80 bits per heavy atom. The van der Waals surface area contributed by atoms with Crippen LogP contribution in [-0.4, -0.2) is 77.2 Å². The van der Waals surface area contributed by atoms with E-state index in [0.717, 1.165) is 51.4 Å². The Hall–Kier alpha value is -2.26. The second-order valence-corrected chi connectivity index (χ2v) is 8.86. The molecule has 2 aliphatic carbocycles. The first-order valence-corrected chi connectivity index (χ1v) is 11.0. The molecule has 3 fully saturated rings. The second-order valence-electron chi connectivity index (χ2n) is 8.86. The maximum absolute atomic E-state index is 12.7. The number of fused-ring (bicyclic) bond motifs is 2. The average Bonchev–Trinajstić information content (AvgIpc) is 3.36. The zero-order valence-corrected chi connectivity index (χ0v) is 17.3. The van der Waals surface area contributed by atoms with Gasteiger partial charge < -0.3 is 21.1 Å². The summed E-state index contributed by atoms with van der Waals surface area (Å²) in [6, 6.07) is 1.81. The minimum absolute atomic E-state index is 0.0744. The molecule has 2 saturated carbocycles. The van der Waals surface area contributed by atoms with Crippen molar-refractivity contribution in [3.05, 3.63) is 18.5 Å². The SMILES string of the molecule is NC(=O)[C@H]1[C@@H]2CC[C@@H](C2)[C@H]1C(=O)NCCC(O)CN1CCN(c2ncccn2)CC1. The van der Waals surface area contributed by atoms with E-state index in [2.05, 4.69) is 25.1 Å². The van der Waals surface area contributed by atoms with Crippen LogP contribution in [0.15, 0.2) is 18.5 Å². The van der Waals surface area contributed by atoms with Gasteiger partial charge in [0.15, 0.2) is 0 Å². The number of carbonyl (C=O) groups excluding carboxylic acids is 2. The number of carbonyl (C=O) groups is 2. The van der Waals surface area contributed by atoms with Gasteiger partial charge in [0.25, 0.3) is 0 Å². The molecule has 2 bridgehead atoms. The number of hydrogen-bond acceptors (Lipinski definition) is 7. The minimum Gasteiger partial charge on any atom is -0.392 e. The van der Waals surface area contributed by atoms with Gasteiger partial charge in [-0.25, -0.2) is 9.97 Å². The van der Waals surface area contributed by atoms with Crippen LogP contribution in [0.25, 0.3) is 0 Å². The highest BCUT2D eigenvalue weighted by Gasteiger charge is 2.53. The molecule has 4 rings (SSSR count).